The molecule has 0 spiro atoms. The van der Waals surface area contributed by atoms with E-state index in [0.717, 1.165) is 18.4 Å². The number of amides is 2. The third kappa shape index (κ3) is 2.34. The van der Waals surface area contributed by atoms with E-state index in [0.29, 0.717) is 41.3 Å². The summed E-state index contributed by atoms with van der Waals surface area (Å²) < 4.78 is 11.3. The van der Waals surface area contributed by atoms with E-state index in [2.05, 4.69) is 4.98 Å². The first-order valence-electron chi connectivity index (χ1n) is 8.68. The summed E-state index contributed by atoms with van der Waals surface area (Å²) in [5.41, 5.74) is 2.94. The molecule has 2 amide bonds. The first-order valence-corrected chi connectivity index (χ1v) is 8.68. The normalized spacial score (nSPS) is 19.5. The van der Waals surface area contributed by atoms with Crippen molar-refractivity contribution in [3.8, 4) is 11.5 Å². The predicted octanol–water partition coefficient (Wildman–Crippen LogP) is 3.27. The fourth-order valence-electron chi connectivity index (χ4n) is 3.58. The Labute approximate surface area is 149 Å². The fraction of sp³-hybridized carbons (Fsp3) is 0.250. The molecule has 2 aliphatic rings. The van der Waals surface area contributed by atoms with Crippen LogP contribution >= 0.6 is 0 Å². The van der Waals surface area contributed by atoms with Crippen molar-refractivity contribution in [2.45, 2.75) is 18.9 Å². The van der Waals surface area contributed by atoms with Crippen LogP contribution in [-0.4, -0.2) is 41.0 Å². The van der Waals surface area contributed by atoms with Crippen LogP contribution in [0.3, 0.4) is 0 Å². The number of ether oxygens (including phenoxy) is 1. The van der Waals surface area contributed by atoms with Crippen LogP contribution in [0.4, 0.5) is 0 Å². The van der Waals surface area contributed by atoms with Gasteiger partial charge in [-0.05, 0) is 43.2 Å². The minimum absolute atomic E-state index is 0.0614. The quantitative estimate of drug-likeness (QED) is 0.679. The largest absolute Gasteiger partial charge is 0.436 e. The zero-order valence-electron chi connectivity index (χ0n) is 14.0. The van der Waals surface area contributed by atoms with E-state index in [1.807, 2.05) is 24.3 Å². The topological polar surface area (TPSA) is 72.6 Å². The molecule has 1 aromatic heterocycles. The maximum absolute atomic E-state index is 12.7. The highest BCUT2D eigenvalue weighted by atomic mass is 16.5. The third-order valence-corrected chi connectivity index (χ3v) is 4.92. The lowest BCUT2D eigenvalue weighted by Gasteiger charge is -2.17. The van der Waals surface area contributed by atoms with Crippen molar-refractivity contribution in [2.75, 3.05) is 13.2 Å². The van der Waals surface area contributed by atoms with Crippen LogP contribution in [0.2, 0.25) is 0 Å². The van der Waals surface area contributed by atoms with Gasteiger partial charge >= 0.3 is 0 Å². The maximum Gasteiger partial charge on any atom is 0.261 e. The maximum atomic E-state index is 12.7. The number of imide groups is 1. The lowest BCUT2D eigenvalue weighted by atomic mass is 10.1. The van der Waals surface area contributed by atoms with Crippen LogP contribution in [0.5, 0.6) is 0 Å². The van der Waals surface area contributed by atoms with E-state index in [1.165, 1.54) is 4.90 Å². The Morgan fingerprint density at radius 2 is 1.92 bits per heavy atom. The van der Waals surface area contributed by atoms with Crippen molar-refractivity contribution in [3.63, 3.8) is 0 Å². The molecule has 0 N–H and O–H groups in total. The summed E-state index contributed by atoms with van der Waals surface area (Å²) in [4.78, 5) is 31.1. The molecule has 0 bridgehead atoms. The Hall–Kier alpha value is -2.99. The monoisotopic (exact) mass is 348 g/mol. The number of fused-ring (bicyclic) bond motifs is 2. The molecule has 5 rings (SSSR count). The minimum Gasteiger partial charge on any atom is -0.436 e. The smallest absolute Gasteiger partial charge is 0.261 e. The molecule has 1 fully saturated rings. The van der Waals surface area contributed by atoms with Crippen LogP contribution in [0.1, 0.15) is 33.6 Å². The van der Waals surface area contributed by atoms with Gasteiger partial charge in [0.15, 0.2) is 5.58 Å². The van der Waals surface area contributed by atoms with Gasteiger partial charge in [0, 0.05) is 12.2 Å². The third-order valence-electron chi connectivity index (χ3n) is 4.92. The second kappa shape index (κ2) is 5.78. The van der Waals surface area contributed by atoms with Crippen LogP contribution < -0.4 is 0 Å². The summed E-state index contributed by atoms with van der Waals surface area (Å²) in [5, 5.41) is 0. The van der Waals surface area contributed by atoms with Gasteiger partial charge in [-0.25, -0.2) is 4.98 Å². The first kappa shape index (κ1) is 15.3. The lowest BCUT2D eigenvalue weighted by molar-refractivity contribution is 0.0475. The Morgan fingerprint density at radius 1 is 1.08 bits per heavy atom. The van der Waals surface area contributed by atoms with Crippen LogP contribution in [-0.2, 0) is 4.74 Å². The van der Waals surface area contributed by atoms with E-state index in [1.54, 1.807) is 18.2 Å². The van der Waals surface area contributed by atoms with Crippen molar-refractivity contribution < 1.29 is 18.7 Å². The molecular weight excluding hydrogens is 332 g/mol. The van der Waals surface area contributed by atoms with Gasteiger partial charge in [-0.1, -0.05) is 12.1 Å². The van der Waals surface area contributed by atoms with Crippen molar-refractivity contribution in [1.29, 1.82) is 0 Å². The van der Waals surface area contributed by atoms with Gasteiger partial charge in [-0.15, -0.1) is 0 Å². The summed E-state index contributed by atoms with van der Waals surface area (Å²) >= 11 is 0. The molecule has 2 aliphatic heterocycles. The number of hydrogen-bond donors (Lipinski definition) is 0. The molecule has 2 aromatic carbocycles. The molecule has 1 saturated heterocycles. The molecule has 0 unspecified atom stereocenters. The lowest BCUT2D eigenvalue weighted by Crippen LogP contribution is -2.36. The Morgan fingerprint density at radius 3 is 2.73 bits per heavy atom. The molecule has 0 saturated carbocycles. The molecule has 3 aromatic rings. The van der Waals surface area contributed by atoms with E-state index in [4.69, 9.17) is 9.15 Å². The first-order chi connectivity index (χ1) is 12.7. The van der Waals surface area contributed by atoms with Crippen molar-refractivity contribution >= 4 is 22.9 Å². The molecule has 0 radical (unpaired) electrons. The van der Waals surface area contributed by atoms with Crippen molar-refractivity contribution in [3.05, 3.63) is 53.6 Å². The minimum atomic E-state index is -0.279. The number of rotatable bonds is 3. The molecule has 26 heavy (non-hydrogen) atoms. The number of oxazole rings is 1. The van der Waals surface area contributed by atoms with Gasteiger partial charge in [-0.3, -0.25) is 14.5 Å². The van der Waals surface area contributed by atoms with Gasteiger partial charge in [0.1, 0.15) is 5.52 Å². The highest BCUT2D eigenvalue weighted by molar-refractivity contribution is 6.21. The van der Waals surface area contributed by atoms with Gasteiger partial charge < -0.3 is 9.15 Å². The summed E-state index contributed by atoms with van der Waals surface area (Å²) in [6.45, 7) is 1.00. The van der Waals surface area contributed by atoms with E-state index in [9.17, 15) is 9.59 Å². The van der Waals surface area contributed by atoms with Crippen LogP contribution in [0, 0.1) is 0 Å². The summed E-state index contributed by atoms with van der Waals surface area (Å²) in [6.07, 6.45) is 1.78. The number of para-hydroxylation sites is 2. The average Bonchev–Trinajstić information content (AvgIpc) is 3.37. The van der Waals surface area contributed by atoms with Gasteiger partial charge in [-0.2, -0.15) is 0 Å². The fourth-order valence-corrected chi connectivity index (χ4v) is 3.58. The molecule has 6 nitrogen and oxygen atoms in total. The number of nitrogens with zero attached hydrogens (tertiary/aromatic N) is 2. The van der Waals surface area contributed by atoms with Gasteiger partial charge in [0.05, 0.1) is 23.8 Å². The second-order valence-corrected chi connectivity index (χ2v) is 6.60. The van der Waals surface area contributed by atoms with E-state index < -0.39 is 0 Å². The summed E-state index contributed by atoms with van der Waals surface area (Å²) in [7, 11) is 0. The number of carbonyl (C=O) groups excluding carboxylic acids is 2. The van der Waals surface area contributed by atoms with Gasteiger partial charge in [0.2, 0.25) is 5.89 Å². The van der Waals surface area contributed by atoms with E-state index in [-0.39, 0.29) is 17.9 Å². The van der Waals surface area contributed by atoms with Crippen LogP contribution in [0.15, 0.2) is 46.9 Å². The Bertz CT molecular complexity index is 1000. The highest BCUT2D eigenvalue weighted by Gasteiger charge is 2.37. The summed E-state index contributed by atoms with van der Waals surface area (Å²) in [5.74, 6) is -0.102. The number of aromatic nitrogens is 1. The Kier molecular flexibility index (Phi) is 3.39. The SMILES string of the molecule is O=C1c2ccc(-c3nc4ccccc4o3)cc2C(=O)N1C[C@@H]1CCCO1. The number of hydrogen-bond acceptors (Lipinski definition) is 5. The zero-order chi connectivity index (χ0) is 17.7. The van der Waals surface area contributed by atoms with Crippen LogP contribution in [0.25, 0.3) is 22.6 Å². The predicted molar refractivity (Wildman–Crippen MR) is 93.8 cm³/mol. The zero-order valence-corrected chi connectivity index (χ0v) is 14.0. The Balaban J connectivity index is 1.49. The number of benzene rings is 2. The second-order valence-electron chi connectivity index (χ2n) is 6.60. The molecule has 1 atom stereocenters. The molecular formula is C20H16N2O4. The summed E-state index contributed by atoms with van der Waals surface area (Å²) in [6, 6.07) is 12.6. The standard InChI is InChI=1S/C20H16N2O4/c23-19-14-8-7-12(18-21-16-5-1-2-6-17(16)26-18)10-15(14)20(24)22(19)11-13-4-3-9-25-13/h1-2,5-8,10,13H,3-4,9,11H2/t13-/m0/s1. The van der Waals surface area contributed by atoms with Gasteiger partial charge in [0.25, 0.3) is 11.8 Å². The average molecular weight is 348 g/mol. The van der Waals surface area contributed by atoms with Crippen molar-refractivity contribution in [2.24, 2.45) is 0 Å². The number of carbonyl (C=O) groups is 2. The highest BCUT2D eigenvalue weighted by Crippen LogP contribution is 2.30. The van der Waals surface area contributed by atoms with Crippen molar-refractivity contribution in [1.82, 2.24) is 9.88 Å². The molecule has 0 aliphatic carbocycles. The molecule has 6 heteroatoms. The molecule has 3 heterocycles. The van der Waals surface area contributed by atoms with E-state index >= 15 is 0 Å². The molecule has 130 valence electrons.